The van der Waals surface area contributed by atoms with Crippen LogP contribution in [0.2, 0.25) is 10.6 Å². The molecule has 0 spiro atoms. The molecule has 9 heteroatoms. The first-order valence-corrected chi connectivity index (χ1v) is 6.27. The summed E-state index contributed by atoms with van der Waals surface area (Å²) in [5, 5.41) is 10.7. The van der Waals surface area contributed by atoms with Gasteiger partial charge in [-0.15, -0.1) is 0 Å². The van der Waals surface area contributed by atoms with Gasteiger partial charge in [0, 0.05) is 6.07 Å². The number of hydrogen-bond donors (Lipinski definition) is 0. The summed E-state index contributed by atoms with van der Waals surface area (Å²) in [6.45, 7) is 1.89. The van der Waals surface area contributed by atoms with Crippen LogP contribution in [0.3, 0.4) is 0 Å². The van der Waals surface area contributed by atoms with Gasteiger partial charge in [-0.05, 0) is 41.3 Å². The molecule has 0 unspecified atom stereocenters. The number of aryl methyl sites for hydroxylation is 1. The number of halogens is 2. The number of rotatable bonds is 4. The van der Waals surface area contributed by atoms with Crippen LogP contribution in [0.4, 0.5) is 5.69 Å². The summed E-state index contributed by atoms with van der Waals surface area (Å²) >= 11 is 11.2. The number of hydrogen-bond acceptors (Lipinski definition) is 6. The van der Waals surface area contributed by atoms with Gasteiger partial charge in [-0.2, -0.15) is 15.0 Å². The number of benzene rings is 1. The van der Waals surface area contributed by atoms with Gasteiger partial charge in [-0.25, -0.2) is 0 Å². The second-order valence-electron chi connectivity index (χ2n) is 3.67. The molecule has 0 aliphatic carbocycles. The fourth-order valence-corrected chi connectivity index (χ4v) is 1.81. The minimum Gasteiger partial charge on any atom is -0.417 e. The van der Waals surface area contributed by atoms with Crippen molar-refractivity contribution in [2.45, 2.75) is 13.3 Å². The summed E-state index contributed by atoms with van der Waals surface area (Å²) in [4.78, 5) is 21.4. The Kier molecular flexibility index (Phi) is 4.31. The van der Waals surface area contributed by atoms with Crippen LogP contribution in [-0.2, 0) is 6.42 Å². The van der Waals surface area contributed by atoms with E-state index in [1.807, 2.05) is 6.92 Å². The summed E-state index contributed by atoms with van der Waals surface area (Å²) in [5.41, 5.74) is 0.632. The molecule has 0 N–H and O–H groups in total. The zero-order valence-electron chi connectivity index (χ0n) is 10.2. The van der Waals surface area contributed by atoms with E-state index in [1.165, 1.54) is 12.1 Å². The van der Waals surface area contributed by atoms with E-state index in [9.17, 15) is 10.1 Å². The van der Waals surface area contributed by atoms with Gasteiger partial charge < -0.3 is 4.74 Å². The molecule has 20 heavy (non-hydrogen) atoms. The van der Waals surface area contributed by atoms with E-state index in [4.69, 9.17) is 27.9 Å². The minimum atomic E-state index is -0.543. The van der Waals surface area contributed by atoms with Crippen LogP contribution in [0, 0.1) is 10.1 Å². The lowest BCUT2D eigenvalue weighted by Crippen LogP contribution is -1.99. The molecule has 0 amide bonds. The summed E-state index contributed by atoms with van der Waals surface area (Å²) in [5.74, 6) is 0.00512. The minimum absolute atomic E-state index is 0.00512. The Balaban J connectivity index is 2.39. The van der Waals surface area contributed by atoms with E-state index < -0.39 is 4.92 Å². The van der Waals surface area contributed by atoms with Crippen molar-refractivity contribution in [3.05, 3.63) is 44.4 Å². The Hall–Kier alpha value is -1.99. The smallest absolute Gasteiger partial charge is 0.327 e. The Bertz CT molecular complexity index is 646. The van der Waals surface area contributed by atoms with Crippen molar-refractivity contribution in [1.82, 2.24) is 15.0 Å². The third-order valence-corrected chi connectivity index (χ3v) is 2.73. The van der Waals surface area contributed by atoms with E-state index in [-0.39, 0.29) is 28.0 Å². The van der Waals surface area contributed by atoms with Gasteiger partial charge in [-0.3, -0.25) is 10.1 Å². The zero-order valence-corrected chi connectivity index (χ0v) is 11.7. The van der Waals surface area contributed by atoms with Crippen LogP contribution in [0.15, 0.2) is 18.2 Å². The maximum absolute atomic E-state index is 11.0. The highest BCUT2D eigenvalue weighted by Gasteiger charge is 2.18. The van der Waals surface area contributed by atoms with Crippen molar-refractivity contribution in [3.8, 4) is 11.8 Å². The Morgan fingerprint density at radius 2 is 1.90 bits per heavy atom. The number of aromatic nitrogens is 3. The molecule has 0 radical (unpaired) electrons. The molecule has 1 aromatic carbocycles. The highest BCUT2D eigenvalue weighted by atomic mass is 35.5. The molecule has 0 bridgehead atoms. The van der Waals surface area contributed by atoms with Crippen molar-refractivity contribution in [2.75, 3.05) is 0 Å². The lowest BCUT2D eigenvalue weighted by Gasteiger charge is -2.06. The molecule has 0 aliphatic rings. The van der Waals surface area contributed by atoms with E-state index in [2.05, 4.69) is 15.0 Å². The fraction of sp³-hybridized carbons (Fsp3) is 0.182. The number of ether oxygens (including phenoxy) is 1. The van der Waals surface area contributed by atoms with Gasteiger partial charge >= 0.3 is 11.7 Å². The highest BCUT2D eigenvalue weighted by Crippen LogP contribution is 2.31. The zero-order chi connectivity index (χ0) is 14.7. The molecule has 0 saturated heterocycles. The van der Waals surface area contributed by atoms with Gasteiger partial charge in [0.25, 0.3) is 0 Å². The molecule has 0 atom stereocenters. The summed E-state index contributed by atoms with van der Waals surface area (Å²) in [7, 11) is 0. The first-order chi connectivity index (χ1) is 9.49. The van der Waals surface area contributed by atoms with Gasteiger partial charge in [0.2, 0.25) is 16.3 Å². The second kappa shape index (κ2) is 5.98. The van der Waals surface area contributed by atoms with Crippen molar-refractivity contribution in [3.63, 3.8) is 0 Å². The molecule has 0 saturated carbocycles. The second-order valence-corrected chi connectivity index (χ2v) is 4.35. The van der Waals surface area contributed by atoms with Crippen LogP contribution in [0.1, 0.15) is 12.5 Å². The number of nitro benzene ring substituents is 1. The first-order valence-electron chi connectivity index (χ1n) is 5.52. The fourth-order valence-electron chi connectivity index (χ4n) is 1.46. The molecule has 0 aliphatic heterocycles. The van der Waals surface area contributed by atoms with E-state index in [0.717, 1.165) is 5.56 Å². The number of nitrogens with zero attached hydrogens (tertiary/aromatic N) is 4. The van der Waals surface area contributed by atoms with E-state index >= 15 is 0 Å². The van der Waals surface area contributed by atoms with E-state index in [0.29, 0.717) is 6.42 Å². The predicted molar refractivity (Wildman–Crippen MR) is 72.4 cm³/mol. The van der Waals surface area contributed by atoms with Gasteiger partial charge in [0.15, 0.2) is 0 Å². The normalized spacial score (nSPS) is 10.3. The number of nitro groups is 1. The van der Waals surface area contributed by atoms with Crippen molar-refractivity contribution in [2.24, 2.45) is 0 Å². The van der Waals surface area contributed by atoms with Crippen molar-refractivity contribution >= 4 is 28.9 Å². The Labute approximate surface area is 123 Å². The lowest BCUT2D eigenvalue weighted by atomic mass is 10.1. The van der Waals surface area contributed by atoms with E-state index in [1.54, 1.807) is 6.07 Å². The molecular weight excluding hydrogens is 307 g/mol. The van der Waals surface area contributed by atoms with Crippen molar-refractivity contribution in [1.29, 1.82) is 0 Å². The standard InChI is InChI=1S/C11H8Cl2N4O3/c1-2-6-3-4-8(7(5-6)17(18)19)20-11-15-9(12)14-10(13)16-11/h3-5H,2H2,1H3. The molecular formula is C11H8Cl2N4O3. The monoisotopic (exact) mass is 314 g/mol. The third kappa shape index (κ3) is 3.31. The molecule has 2 aromatic rings. The van der Waals surface area contributed by atoms with Gasteiger partial charge in [-0.1, -0.05) is 13.0 Å². The molecule has 1 heterocycles. The quantitative estimate of drug-likeness (QED) is 0.634. The average Bonchev–Trinajstić information content (AvgIpc) is 2.37. The van der Waals surface area contributed by atoms with Crippen LogP contribution in [0.5, 0.6) is 11.8 Å². The van der Waals surface area contributed by atoms with Gasteiger partial charge in [0.1, 0.15) is 0 Å². The maximum atomic E-state index is 11.0. The van der Waals surface area contributed by atoms with Crippen LogP contribution in [0.25, 0.3) is 0 Å². The van der Waals surface area contributed by atoms with Crippen LogP contribution in [-0.4, -0.2) is 19.9 Å². The average molecular weight is 315 g/mol. The summed E-state index contributed by atoms with van der Waals surface area (Å²) in [6.07, 6.45) is 0.671. The Morgan fingerprint density at radius 1 is 1.25 bits per heavy atom. The SMILES string of the molecule is CCc1ccc(Oc2nc(Cl)nc(Cl)n2)c([N+](=O)[O-])c1. The van der Waals surface area contributed by atoms with Crippen LogP contribution < -0.4 is 4.74 Å². The summed E-state index contributed by atoms with van der Waals surface area (Å²) in [6, 6.07) is 4.41. The Morgan fingerprint density at radius 3 is 2.45 bits per heavy atom. The largest absolute Gasteiger partial charge is 0.417 e. The van der Waals surface area contributed by atoms with Crippen molar-refractivity contribution < 1.29 is 9.66 Å². The third-order valence-electron chi connectivity index (χ3n) is 2.39. The van der Waals surface area contributed by atoms with Gasteiger partial charge in [0.05, 0.1) is 4.92 Å². The molecule has 104 valence electrons. The molecule has 7 nitrogen and oxygen atoms in total. The summed E-state index contributed by atoms with van der Waals surface area (Å²) < 4.78 is 5.26. The maximum Gasteiger partial charge on any atom is 0.327 e. The molecule has 2 rings (SSSR count). The highest BCUT2D eigenvalue weighted by molar-refractivity contribution is 6.31. The topological polar surface area (TPSA) is 91.0 Å². The molecule has 0 fully saturated rings. The van der Waals surface area contributed by atoms with Crippen LogP contribution >= 0.6 is 23.2 Å². The lowest BCUT2D eigenvalue weighted by molar-refractivity contribution is -0.385. The molecule has 1 aromatic heterocycles. The first kappa shape index (κ1) is 14.4. The predicted octanol–water partition coefficient (Wildman–Crippen LogP) is 3.44.